The molecule has 132 valence electrons. The van der Waals surface area contributed by atoms with Crippen LogP contribution in [-0.2, 0) is 4.74 Å². The van der Waals surface area contributed by atoms with Crippen LogP contribution >= 0.6 is 0 Å². The molecule has 0 aromatic heterocycles. The summed E-state index contributed by atoms with van der Waals surface area (Å²) < 4.78 is 5.55. The van der Waals surface area contributed by atoms with Crippen molar-refractivity contribution in [1.29, 1.82) is 0 Å². The Morgan fingerprint density at radius 2 is 1.70 bits per heavy atom. The van der Waals surface area contributed by atoms with Crippen LogP contribution in [0.5, 0.6) is 0 Å². The Morgan fingerprint density at radius 3 is 2.35 bits per heavy atom. The number of carbonyl (C=O) groups excluding carboxylic acids is 1. The molecule has 23 heavy (non-hydrogen) atoms. The van der Waals surface area contributed by atoms with E-state index in [0.717, 1.165) is 31.5 Å². The molecular weight excluding hydrogens is 288 g/mol. The van der Waals surface area contributed by atoms with Gasteiger partial charge >= 0.3 is 6.09 Å². The molecule has 3 fully saturated rings. The number of likely N-dealkylation sites (tertiary alicyclic amines) is 2. The first kappa shape index (κ1) is 17.1. The third kappa shape index (κ3) is 4.01. The molecule has 2 heterocycles. The zero-order valence-electron chi connectivity index (χ0n) is 15.4. The molecule has 0 bridgehead atoms. The lowest BCUT2D eigenvalue weighted by atomic mass is 9.85. The van der Waals surface area contributed by atoms with Gasteiger partial charge in [-0.1, -0.05) is 6.92 Å². The van der Waals surface area contributed by atoms with Crippen molar-refractivity contribution in [3.8, 4) is 0 Å². The van der Waals surface area contributed by atoms with Crippen LogP contribution < -0.4 is 0 Å². The standard InChI is InChI=1S/C19H34N2O2/c1-15-5-7-16(8-6-15)20-11-9-19(13-20)10-12-21(14-19)17(22)23-18(2,3)4/h15-16H,5-14H2,1-4H3. The second-order valence-corrected chi connectivity index (χ2v) is 9.29. The highest BCUT2D eigenvalue weighted by atomic mass is 16.6. The van der Waals surface area contributed by atoms with Gasteiger partial charge in [0, 0.05) is 31.1 Å². The molecule has 4 nitrogen and oxygen atoms in total. The van der Waals surface area contributed by atoms with Crippen LogP contribution in [-0.4, -0.2) is 53.7 Å². The van der Waals surface area contributed by atoms with Crippen molar-refractivity contribution >= 4 is 6.09 Å². The lowest BCUT2D eigenvalue weighted by Crippen LogP contribution is -2.40. The molecule has 0 aromatic carbocycles. The van der Waals surface area contributed by atoms with E-state index in [0.29, 0.717) is 5.41 Å². The maximum Gasteiger partial charge on any atom is 0.410 e. The predicted octanol–water partition coefficient (Wildman–Crippen LogP) is 3.90. The minimum Gasteiger partial charge on any atom is -0.444 e. The van der Waals surface area contributed by atoms with Gasteiger partial charge in [-0.25, -0.2) is 4.79 Å². The van der Waals surface area contributed by atoms with Gasteiger partial charge in [0.2, 0.25) is 0 Å². The van der Waals surface area contributed by atoms with Gasteiger partial charge in [0.05, 0.1) is 0 Å². The molecule has 0 N–H and O–H groups in total. The summed E-state index contributed by atoms with van der Waals surface area (Å²) in [5.41, 5.74) is -0.0622. The summed E-state index contributed by atoms with van der Waals surface area (Å²) in [5.74, 6) is 0.914. The summed E-state index contributed by atoms with van der Waals surface area (Å²) in [5, 5.41) is 0. The van der Waals surface area contributed by atoms with Crippen LogP contribution in [0.15, 0.2) is 0 Å². The SMILES string of the molecule is CC1CCC(N2CCC3(CCN(C(=O)OC(C)(C)C)C3)C2)CC1. The highest BCUT2D eigenvalue weighted by Gasteiger charge is 2.46. The molecule has 0 radical (unpaired) electrons. The molecule has 2 saturated heterocycles. The van der Waals surface area contributed by atoms with E-state index in [-0.39, 0.29) is 6.09 Å². The van der Waals surface area contributed by atoms with Gasteiger partial charge in [0.15, 0.2) is 0 Å². The van der Waals surface area contributed by atoms with Gasteiger partial charge in [-0.3, -0.25) is 4.90 Å². The van der Waals surface area contributed by atoms with Crippen LogP contribution in [0, 0.1) is 11.3 Å². The Kier molecular flexibility index (Phi) is 4.65. The first-order chi connectivity index (χ1) is 10.8. The quantitative estimate of drug-likeness (QED) is 0.734. The van der Waals surface area contributed by atoms with Crippen LogP contribution in [0.3, 0.4) is 0 Å². The molecule has 1 aliphatic carbocycles. The van der Waals surface area contributed by atoms with E-state index in [4.69, 9.17) is 4.74 Å². The number of carbonyl (C=O) groups is 1. The number of ether oxygens (including phenoxy) is 1. The fraction of sp³-hybridized carbons (Fsp3) is 0.947. The molecule has 0 aromatic rings. The number of nitrogens with zero attached hydrogens (tertiary/aromatic N) is 2. The van der Waals surface area contributed by atoms with Gasteiger partial charge in [-0.05, 0) is 71.8 Å². The van der Waals surface area contributed by atoms with E-state index in [1.54, 1.807) is 0 Å². The van der Waals surface area contributed by atoms with Crippen LogP contribution in [0.2, 0.25) is 0 Å². The van der Waals surface area contributed by atoms with Crippen molar-refractivity contribution in [3.05, 3.63) is 0 Å². The van der Waals surface area contributed by atoms with Crippen LogP contribution in [0.1, 0.15) is 66.2 Å². The average Bonchev–Trinajstić information content (AvgIpc) is 3.06. The third-order valence-corrected chi connectivity index (χ3v) is 6.06. The topological polar surface area (TPSA) is 32.8 Å². The van der Waals surface area contributed by atoms with Crippen molar-refractivity contribution in [1.82, 2.24) is 9.80 Å². The van der Waals surface area contributed by atoms with E-state index in [1.165, 1.54) is 45.2 Å². The highest BCUT2D eigenvalue weighted by molar-refractivity contribution is 5.68. The summed E-state index contributed by atoms with van der Waals surface area (Å²) in [6, 6.07) is 0.793. The molecule has 3 aliphatic rings. The van der Waals surface area contributed by atoms with E-state index in [2.05, 4.69) is 11.8 Å². The first-order valence-electron chi connectivity index (χ1n) is 9.48. The molecule has 1 amide bonds. The van der Waals surface area contributed by atoms with Gasteiger partial charge in [-0.15, -0.1) is 0 Å². The summed E-state index contributed by atoms with van der Waals surface area (Å²) in [4.78, 5) is 17.0. The predicted molar refractivity (Wildman–Crippen MR) is 92.5 cm³/mol. The minimum absolute atomic E-state index is 0.126. The first-order valence-corrected chi connectivity index (χ1v) is 9.48. The fourth-order valence-corrected chi connectivity index (χ4v) is 4.64. The summed E-state index contributed by atoms with van der Waals surface area (Å²) in [6.45, 7) is 12.4. The largest absolute Gasteiger partial charge is 0.444 e. The zero-order valence-corrected chi connectivity index (χ0v) is 15.4. The van der Waals surface area contributed by atoms with Crippen molar-refractivity contribution in [3.63, 3.8) is 0 Å². The number of hydrogen-bond donors (Lipinski definition) is 0. The molecule has 1 saturated carbocycles. The van der Waals surface area contributed by atoms with E-state index in [1.807, 2.05) is 25.7 Å². The Balaban J connectivity index is 1.53. The van der Waals surface area contributed by atoms with Crippen molar-refractivity contribution < 1.29 is 9.53 Å². The molecule has 1 spiro atoms. The Morgan fingerprint density at radius 1 is 1.04 bits per heavy atom. The van der Waals surface area contributed by atoms with Gasteiger partial charge in [-0.2, -0.15) is 0 Å². The fourth-order valence-electron chi connectivity index (χ4n) is 4.64. The van der Waals surface area contributed by atoms with Crippen molar-refractivity contribution in [2.24, 2.45) is 11.3 Å². The van der Waals surface area contributed by atoms with Crippen LogP contribution in [0.4, 0.5) is 4.79 Å². The van der Waals surface area contributed by atoms with E-state index >= 15 is 0 Å². The normalized spacial score (nSPS) is 35.9. The van der Waals surface area contributed by atoms with Crippen molar-refractivity contribution in [2.75, 3.05) is 26.2 Å². The lowest BCUT2D eigenvalue weighted by molar-refractivity contribution is 0.0272. The Labute approximate surface area is 141 Å². The highest BCUT2D eigenvalue weighted by Crippen LogP contribution is 2.42. The number of hydrogen-bond acceptors (Lipinski definition) is 3. The average molecular weight is 322 g/mol. The molecule has 1 unspecified atom stereocenters. The lowest BCUT2D eigenvalue weighted by Gasteiger charge is -2.34. The summed E-state index contributed by atoms with van der Waals surface area (Å²) in [6.07, 6.45) is 7.78. The minimum atomic E-state index is -0.395. The zero-order chi connectivity index (χ0) is 16.7. The molecule has 4 heteroatoms. The smallest absolute Gasteiger partial charge is 0.410 e. The second-order valence-electron chi connectivity index (χ2n) is 9.29. The Hall–Kier alpha value is -0.770. The maximum absolute atomic E-state index is 12.3. The van der Waals surface area contributed by atoms with E-state index < -0.39 is 5.60 Å². The number of amides is 1. The summed E-state index contributed by atoms with van der Waals surface area (Å²) >= 11 is 0. The van der Waals surface area contributed by atoms with Gasteiger partial charge in [0.25, 0.3) is 0 Å². The van der Waals surface area contributed by atoms with Crippen molar-refractivity contribution in [2.45, 2.75) is 77.9 Å². The van der Waals surface area contributed by atoms with E-state index in [9.17, 15) is 4.79 Å². The molecule has 2 aliphatic heterocycles. The molecular formula is C19H34N2O2. The molecule has 1 atom stereocenters. The maximum atomic E-state index is 12.3. The number of rotatable bonds is 1. The monoisotopic (exact) mass is 322 g/mol. The van der Waals surface area contributed by atoms with Gasteiger partial charge < -0.3 is 9.64 Å². The van der Waals surface area contributed by atoms with Gasteiger partial charge in [0.1, 0.15) is 5.60 Å². The summed E-state index contributed by atoms with van der Waals surface area (Å²) in [7, 11) is 0. The third-order valence-electron chi connectivity index (χ3n) is 6.06. The van der Waals surface area contributed by atoms with Crippen LogP contribution in [0.25, 0.3) is 0 Å². The Bertz CT molecular complexity index is 437. The second kappa shape index (κ2) is 6.27. The molecule has 3 rings (SSSR count).